The van der Waals surface area contributed by atoms with Crippen molar-refractivity contribution in [3.63, 3.8) is 0 Å². The summed E-state index contributed by atoms with van der Waals surface area (Å²) in [4.78, 5) is 27.7. The molecular weight excluding hydrogens is 369 g/mol. The number of amides is 2. The van der Waals surface area contributed by atoms with E-state index >= 15 is 0 Å². The number of hydrogen-bond acceptors (Lipinski definition) is 3. The topological polar surface area (TPSA) is 49.4 Å². The second kappa shape index (κ2) is 5.74. The molecule has 0 spiro atoms. The van der Waals surface area contributed by atoms with Crippen LogP contribution in [0.3, 0.4) is 0 Å². The number of benzene rings is 1. The Morgan fingerprint density at radius 1 is 1.00 bits per heavy atom. The van der Waals surface area contributed by atoms with Crippen molar-refractivity contribution in [1.82, 2.24) is 0 Å². The Bertz CT molecular complexity index is 832. The molecule has 0 radical (unpaired) electrons. The van der Waals surface area contributed by atoms with Crippen molar-refractivity contribution >= 4 is 23.2 Å². The second-order valence-corrected chi connectivity index (χ2v) is 9.06. The van der Waals surface area contributed by atoms with Gasteiger partial charge in [0.25, 0.3) is 0 Å². The fraction of sp³-hybridized carbons (Fsp3) is 0.619. The molecule has 0 unspecified atom stereocenters. The molecule has 4 nitrogen and oxygen atoms in total. The summed E-state index contributed by atoms with van der Waals surface area (Å²) >= 11 is 0. The van der Waals surface area contributed by atoms with E-state index in [9.17, 15) is 22.8 Å². The highest BCUT2D eigenvalue weighted by molar-refractivity contribution is 6.23. The molecule has 1 aromatic rings. The largest absolute Gasteiger partial charge is 0.416 e. The third-order valence-corrected chi connectivity index (χ3v) is 7.16. The van der Waals surface area contributed by atoms with Gasteiger partial charge in [-0.05, 0) is 75.0 Å². The standard InChI is InChI=1S/C21H23F3N2O2/c1-9(2)25-15-6-3-10(21(22,23)24)7-16(15)26-19(27)17-11-4-5-12(14-8-13(11)14)18(17)20(26)28/h3,6-7,9,11-14,17-18,25H,4-5,8H2,1-2H3/t11-,12+,13+,14-,17-,18+. The van der Waals surface area contributed by atoms with Crippen molar-refractivity contribution in [1.29, 1.82) is 0 Å². The summed E-state index contributed by atoms with van der Waals surface area (Å²) in [6.07, 6.45) is -1.52. The van der Waals surface area contributed by atoms with Gasteiger partial charge >= 0.3 is 6.18 Å². The van der Waals surface area contributed by atoms with Crippen LogP contribution in [0.25, 0.3) is 0 Å². The maximum absolute atomic E-state index is 13.3. The predicted octanol–water partition coefficient (Wildman–Crippen LogP) is 4.31. The first-order valence-electron chi connectivity index (χ1n) is 10.0. The van der Waals surface area contributed by atoms with Crippen molar-refractivity contribution < 1.29 is 22.8 Å². The smallest absolute Gasteiger partial charge is 0.381 e. The number of nitrogens with zero attached hydrogens (tertiary/aromatic N) is 1. The Morgan fingerprint density at radius 3 is 2.07 bits per heavy atom. The average Bonchev–Trinajstić information content (AvgIpc) is 3.39. The van der Waals surface area contributed by atoms with Crippen LogP contribution in [-0.4, -0.2) is 17.9 Å². The summed E-state index contributed by atoms with van der Waals surface area (Å²) in [6, 6.07) is 3.22. The minimum Gasteiger partial charge on any atom is -0.381 e. The number of carbonyl (C=O) groups is 2. The molecule has 1 heterocycles. The van der Waals surface area contributed by atoms with E-state index in [0.717, 1.165) is 36.3 Å². The Kier molecular flexibility index (Phi) is 3.69. The van der Waals surface area contributed by atoms with Gasteiger partial charge in [-0.1, -0.05) is 0 Å². The van der Waals surface area contributed by atoms with Crippen LogP contribution < -0.4 is 10.2 Å². The Labute approximate surface area is 161 Å². The molecular formula is C21H23F3N2O2. The van der Waals surface area contributed by atoms with Crippen LogP contribution in [-0.2, 0) is 15.8 Å². The van der Waals surface area contributed by atoms with E-state index in [-0.39, 0.29) is 47.2 Å². The van der Waals surface area contributed by atoms with E-state index in [0.29, 0.717) is 17.5 Å². The molecule has 1 N–H and O–H groups in total. The Morgan fingerprint density at radius 2 is 1.57 bits per heavy atom. The minimum absolute atomic E-state index is 0.0426. The SMILES string of the molecule is CC(C)Nc1ccc(C(F)(F)F)cc1N1C(=O)[C@@H]2[C@@H]3CC[C@@H]([C@H]4C[C@H]43)[C@@H]2C1=O. The van der Waals surface area contributed by atoms with Crippen LogP contribution in [0.5, 0.6) is 0 Å². The number of fused-ring (bicyclic) bond motifs is 1. The maximum atomic E-state index is 13.3. The molecule has 4 saturated carbocycles. The highest BCUT2D eigenvalue weighted by Gasteiger charge is 2.68. The molecule has 1 saturated heterocycles. The fourth-order valence-corrected chi connectivity index (χ4v) is 6.10. The number of anilines is 2. The summed E-state index contributed by atoms with van der Waals surface area (Å²) in [5.41, 5.74) is -0.417. The molecule has 7 heteroatoms. The summed E-state index contributed by atoms with van der Waals surface area (Å²) in [6.45, 7) is 3.73. The van der Waals surface area contributed by atoms with Gasteiger partial charge in [0.15, 0.2) is 0 Å². The zero-order chi connectivity index (χ0) is 20.0. The van der Waals surface area contributed by atoms with E-state index in [2.05, 4.69) is 5.32 Å². The van der Waals surface area contributed by atoms with Gasteiger partial charge in [0.2, 0.25) is 11.8 Å². The first-order valence-corrected chi connectivity index (χ1v) is 10.0. The normalized spacial score (nSPS) is 36.0. The lowest BCUT2D eigenvalue weighted by Crippen LogP contribution is -2.43. The number of imide groups is 1. The molecule has 0 aromatic heterocycles. The lowest BCUT2D eigenvalue weighted by atomic mass is 9.59. The molecule has 1 aromatic carbocycles. The first kappa shape index (κ1) is 18.0. The quantitative estimate of drug-likeness (QED) is 0.780. The van der Waals surface area contributed by atoms with Crippen molar-refractivity contribution in [2.75, 3.05) is 10.2 Å². The lowest BCUT2D eigenvalue weighted by molar-refractivity contribution is -0.137. The lowest BCUT2D eigenvalue weighted by Gasteiger charge is -2.42. The molecule has 1 aliphatic heterocycles. The van der Waals surface area contributed by atoms with Gasteiger partial charge < -0.3 is 5.32 Å². The maximum Gasteiger partial charge on any atom is 0.416 e. The Hall–Kier alpha value is -2.05. The number of rotatable bonds is 3. The third kappa shape index (κ3) is 2.44. The number of hydrogen-bond donors (Lipinski definition) is 1. The van der Waals surface area contributed by atoms with Crippen LogP contribution in [0, 0.1) is 35.5 Å². The van der Waals surface area contributed by atoms with E-state index in [1.807, 2.05) is 13.8 Å². The second-order valence-electron chi connectivity index (χ2n) is 9.06. The van der Waals surface area contributed by atoms with Crippen LogP contribution in [0.2, 0.25) is 0 Å². The predicted molar refractivity (Wildman–Crippen MR) is 97.5 cm³/mol. The monoisotopic (exact) mass is 392 g/mol. The number of alkyl halides is 3. The molecule has 2 amide bonds. The van der Waals surface area contributed by atoms with Crippen LogP contribution in [0.15, 0.2) is 18.2 Å². The fourth-order valence-electron chi connectivity index (χ4n) is 6.10. The van der Waals surface area contributed by atoms with Gasteiger partial charge in [-0.15, -0.1) is 0 Å². The van der Waals surface area contributed by atoms with Crippen molar-refractivity contribution in [3.8, 4) is 0 Å². The van der Waals surface area contributed by atoms with E-state index in [1.54, 1.807) is 0 Å². The molecule has 4 aliphatic carbocycles. The highest BCUT2D eigenvalue weighted by Crippen LogP contribution is 2.68. The van der Waals surface area contributed by atoms with Gasteiger partial charge in [-0.2, -0.15) is 13.2 Å². The molecule has 28 heavy (non-hydrogen) atoms. The van der Waals surface area contributed by atoms with Crippen molar-refractivity contribution in [2.45, 2.75) is 45.3 Å². The van der Waals surface area contributed by atoms with Crippen LogP contribution >= 0.6 is 0 Å². The van der Waals surface area contributed by atoms with Crippen molar-refractivity contribution in [2.24, 2.45) is 35.5 Å². The first-order chi connectivity index (χ1) is 13.2. The summed E-state index contributed by atoms with van der Waals surface area (Å²) in [5, 5.41) is 3.09. The molecule has 2 bridgehead atoms. The van der Waals surface area contributed by atoms with E-state index in [1.165, 1.54) is 6.07 Å². The number of carbonyl (C=O) groups excluding carboxylic acids is 2. The number of nitrogens with one attached hydrogen (secondary N) is 1. The Balaban J connectivity index is 1.58. The van der Waals surface area contributed by atoms with Gasteiger partial charge in [-0.25, -0.2) is 4.90 Å². The molecule has 5 aliphatic rings. The molecule has 6 rings (SSSR count). The minimum atomic E-state index is -4.54. The van der Waals surface area contributed by atoms with Gasteiger partial charge in [0.05, 0.1) is 28.8 Å². The molecule has 5 fully saturated rings. The summed E-state index contributed by atoms with van der Waals surface area (Å²) in [5.74, 6) is 0.190. The van der Waals surface area contributed by atoms with E-state index in [4.69, 9.17) is 0 Å². The number of halogens is 3. The molecule has 150 valence electrons. The van der Waals surface area contributed by atoms with Gasteiger partial charge in [0.1, 0.15) is 0 Å². The zero-order valence-corrected chi connectivity index (χ0v) is 15.8. The highest BCUT2D eigenvalue weighted by atomic mass is 19.4. The average molecular weight is 392 g/mol. The van der Waals surface area contributed by atoms with Gasteiger partial charge in [0, 0.05) is 6.04 Å². The third-order valence-electron chi connectivity index (χ3n) is 7.16. The van der Waals surface area contributed by atoms with Gasteiger partial charge in [-0.3, -0.25) is 9.59 Å². The van der Waals surface area contributed by atoms with Crippen LogP contribution in [0.4, 0.5) is 24.5 Å². The van der Waals surface area contributed by atoms with Crippen LogP contribution in [0.1, 0.15) is 38.7 Å². The summed E-state index contributed by atoms with van der Waals surface area (Å²) < 4.78 is 40.0. The van der Waals surface area contributed by atoms with E-state index < -0.39 is 11.7 Å². The zero-order valence-electron chi connectivity index (χ0n) is 15.8. The summed E-state index contributed by atoms with van der Waals surface area (Å²) in [7, 11) is 0. The molecule has 6 atom stereocenters. The van der Waals surface area contributed by atoms with Crippen molar-refractivity contribution in [3.05, 3.63) is 23.8 Å².